The van der Waals surface area contributed by atoms with Gasteiger partial charge >= 0.3 is 5.97 Å². The van der Waals surface area contributed by atoms with Crippen molar-refractivity contribution >= 4 is 11.8 Å². The molecule has 1 rings (SSSR count). The van der Waals surface area contributed by atoms with Crippen molar-refractivity contribution in [1.82, 2.24) is 0 Å². The third kappa shape index (κ3) is 4.34. The molecule has 0 spiro atoms. The molecule has 3 nitrogen and oxygen atoms in total. The van der Waals surface area contributed by atoms with Gasteiger partial charge < -0.3 is 5.11 Å². The van der Waals surface area contributed by atoms with E-state index >= 15 is 0 Å². The van der Waals surface area contributed by atoms with E-state index in [0.717, 1.165) is 5.56 Å². The SMILES string of the molecule is Cc1ccc(F)c(C(=O)CCCCC(=O)O)c1. The van der Waals surface area contributed by atoms with Crippen molar-refractivity contribution in [2.24, 2.45) is 0 Å². The van der Waals surface area contributed by atoms with Crippen molar-refractivity contribution in [3.05, 3.63) is 35.1 Å². The summed E-state index contributed by atoms with van der Waals surface area (Å²) in [6.07, 6.45) is 1.14. The fraction of sp³-hybridized carbons (Fsp3) is 0.385. The smallest absolute Gasteiger partial charge is 0.303 e. The Hall–Kier alpha value is -1.71. The highest BCUT2D eigenvalue weighted by Gasteiger charge is 2.11. The zero-order chi connectivity index (χ0) is 12.8. The van der Waals surface area contributed by atoms with Gasteiger partial charge in [-0.1, -0.05) is 11.6 Å². The fourth-order valence-corrected chi connectivity index (χ4v) is 1.55. The molecule has 0 radical (unpaired) electrons. The number of hydrogen-bond acceptors (Lipinski definition) is 2. The number of benzene rings is 1. The predicted octanol–water partition coefficient (Wildman–Crippen LogP) is 2.96. The summed E-state index contributed by atoms with van der Waals surface area (Å²) in [7, 11) is 0. The fourth-order valence-electron chi connectivity index (χ4n) is 1.55. The second kappa shape index (κ2) is 6.13. The largest absolute Gasteiger partial charge is 0.481 e. The number of carboxylic acid groups (broad SMARTS) is 1. The molecule has 0 aliphatic rings. The van der Waals surface area contributed by atoms with E-state index in [9.17, 15) is 14.0 Å². The van der Waals surface area contributed by atoms with Gasteiger partial charge in [-0.15, -0.1) is 0 Å². The summed E-state index contributed by atoms with van der Waals surface area (Å²) in [6.45, 7) is 1.79. The number of rotatable bonds is 6. The number of aliphatic carboxylic acids is 1. The van der Waals surface area contributed by atoms with E-state index in [1.165, 1.54) is 12.1 Å². The quantitative estimate of drug-likeness (QED) is 0.612. The molecule has 0 saturated carbocycles. The third-order valence-corrected chi connectivity index (χ3v) is 2.47. The first-order valence-electron chi connectivity index (χ1n) is 5.52. The maximum atomic E-state index is 13.3. The molecule has 0 fully saturated rings. The Morgan fingerprint density at radius 3 is 2.53 bits per heavy atom. The van der Waals surface area contributed by atoms with Crippen LogP contribution in [0.3, 0.4) is 0 Å². The summed E-state index contributed by atoms with van der Waals surface area (Å²) < 4.78 is 13.3. The van der Waals surface area contributed by atoms with E-state index in [0.29, 0.717) is 12.8 Å². The van der Waals surface area contributed by atoms with Gasteiger partial charge in [0.25, 0.3) is 0 Å². The summed E-state index contributed by atoms with van der Waals surface area (Å²) in [6, 6.07) is 4.41. The molecule has 0 amide bonds. The number of ketones is 1. The maximum Gasteiger partial charge on any atom is 0.303 e. The predicted molar refractivity (Wildman–Crippen MR) is 61.6 cm³/mol. The van der Waals surface area contributed by atoms with E-state index in [-0.39, 0.29) is 24.2 Å². The number of carbonyl (C=O) groups excluding carboxylic acids is 1. The summed E-state index contributed by atoms with van der Waals surface area (Å²) in [4.78, 5) is 21.9. The van der Waals surface area contributed by atoms with E-state index in [4.69, 9.17) is 5.11 Å². The van der Waals surface area contributed by atoms with Crippen molar-refractivity contribution in [3.8, 4) is 0 Å². The van der Waals surface area contributed by atoms with Crippen LogP contribution in [0.25, 0.3) is 0 Å². The minimum absolute atomic E-state index is 0.0452. The lowest BCUT2D eigenvalue weighted by Gasteiger charge is -2.03. The molecule has 1 N–H and O–H groups in total. The lowest BCUT2D eigenvalue weighted by Crippen LogP contribution is -2.03. The van der Waals surface area contributed by atoms with Gasteiger partial charge in [0.1, 0.15) is 5.82 Å². The molecule has 0 aromatic heterocycles. The van der Waals surface area contributed by atoms with Crippen LogP contribution >= 0.6 is 0 Å². The van der Waals surface area contributed by atoms with E-state index < -0.39 is 11.8 Å². The Balaban J connectivity index is 2.52. The Morgan fingerprint density at radius 2 is 1.88 bits per heavy atom. The molecule has 1 aromatic rings. The Bertz CT molecular complexity index is 427. The van der Waals surface area contributed by atoms with E-state index in [2.05, 4.69) is 0 Å². The lowest BCUT2D eigenvalue weighted by atomic mass is 10.0. The van der Waals surface area contributed by atoms with Gasteiger partial charge in [-0.25, -0.2) is 4.39 Å². The number of hydrogen-bond donors (Lipinski definition) is 1. The van der Waals surface area contributed by atoms with Gasteiger partial charge in [0.15, 0.2) is 5.78 Å². The average Bonchev–Trinajstić information content (AvgIpc) is 2.27. The minimum atomic E-state index is -0.876. The average molecular weight is 238 g/mol. The normalized spacial score (nSPS) is 10.2. The Labute approximate surface area is 99.3 Å². The molecule has 0 aliphatic carbocycles. The van der Waals surface area contributed by atoms with Crippen LogP contribution in [-0.2, 0) is 4.79 Å². The van der Waals surface area contributed by atoms with Gasteiger partial charge in [0, 0.05) is 12.8 Å². The minimum Gasteiger partial charge on any atom is -0.481 e. The molecule has 0 heterocycles. The van der Waals surface area contributed by atoms with E-state index in [1.807, 2.05) is 0 Å². The van der Waals surface area contributed by atoms with Crippen LogP contribution in [0.15, 0.2) is 18.2 Å². The van der Waals surface area contributed by atoms with Crippen LogP contribution < -0.4 is 0 Å². The Kier molecular flexibility index (Phi) is 4.82. The molecule has 0 unspecified atom stereocenters. The van der Waals surface area contributed by atoms with Crippen molar-refractivity contribution < 1.29 is 19.1 Å². The second-order valence-corrected chi connectivity index (χ2v) is 4.01. The maximum absolute atomic E-state index is 13.3. The highest BCUT2D eigenvalue weighted by molar-refractivity contribution is 5.96. The number of unbranched alkanes of at least 4 members (excludes halogenated alkanes) is 1. The highest BCUT2D eigenvalue weighted by atomic mass is 19.1. The zero-order valence-corrected chi connectivity index (χ0v) is 9.70. The first-order chi connectivity index (χ1) is 8.00. The van der Waals surface area contributed by atoms with Gasteiger partial charge in [0.05, 0.1) is 5.56 Å². The van der Waals surface area contributed by atoms with Crippen molar-refractivity contribution in [3.63, 3.8) is 0 Å². The molecule has 92 valence electrons. The molecule has 4 heteroatoms. The van der Waals surface area contributed by atoms with Crippen LogP contribution in [-0.4, -0.2) is 16.9 Å². The van der Waals surface area contributed by atoms with Crippen molar-refractivity contribution in [1.29, 1.82) is 0 Å². The molecule has 0 atom stereocenters. The number of halogens is 1. The highest BCUT2D eigenvalue weighted by Crippen LogP contribution is 2.14. The lowest BCUT2D eigenvalue weighted by molar-refractivity contribution is -0.137. The van der Waals surface area contributed by atoms with Gasteiger partial charge in [-0.05, 0) is 31.9 Å². The molecule has 0 aliphatic heterocycles. The number of aryl methyl sites for hydroxylation is 1. The monoisotopic (exact) mass is 238 g/mol. The first kappa shape index (κ1) is 13.4. The molecular weight excluding hydrogens is 223 g/mol. The first-order valence-corrected chi connectivity index (χ1v) is 5.52. The molecule has 17 heavy (non-hydrogen) atoms. The van der Waals surface area contributed by atoms with Crippen molar-refractivity contribution in [2.75, 3.05) is 0 Å². The topological polar surface area (TPSA) is 54.4 Å². The number of carboxylic acids is 1. The van der Waals surface area contributed by atoms with Crippen molar-refractivity contribution in [2.45, 2.75) is 32.6 Å². The van der Waals surface area contributed by atoms with Crippen LogP contribution in [0.4, 0.5) is 4.39 Å². The van der Waals surface area contributed by atoms with Crippen LogP contribution in [0.2, 0.25) is 0 Å². The van der Waals surface area contributed by atoms with Crippen LogP contribution in [0.5, 0.6) is 0 Å². The second-order valence-electron chi connectivity index (χ2n) is 4.01. The van der Waals surface area contributed by atoms with Gasteiger partial charge in [0.2, 0.25) is 0 Å². The summed E-state index contributed by atoms with van der Waals surface area (Å²) in [5.41, 5.74) is 0.931. The molecule has 0 bridgehead atoms. The Morgan fingerprint density at radius 1 is 1.24 bits per heavy atom. The standard InChI is InChI=1S/C13H15FO3/c1-9-6-7-11(14)10(8-9)12(15)4-2-3-5-13(16)17/h6-8H,2-5H2,1H3,(H,16,17). The number of carbonyl (C=O) groups is 2. The van der Waals surface area contributed by atoms with Crippen LogP contribution in [0, 0.1) is 12.7 Å². The molecule has 1 aromatic carbocycles. The van der Waals surface area contributed by atoms with Gasteiger partial charge in [-0.3, -0.25) is 9.59 Å². The summed E-state index contributed by atoms with van der Waals surface area (Å²) in [5.74, 6) is -1.66. The third-order valence-electron chi connectivity index (χ3n) is 2.47. The van der Waals surface area contributed by atoms with Gasteiger partial charge in [-0.2, -0.15) is 0 Å². The summed E-state index contributed by atoms with van der Waals surface area (Å²) in [5, 5.41) is 8.43. The summed E-state index contributed by atoms with van der Waals surface area (Å²) >= 11 is 0. The zero-order valence-electron chi connectivity index (χ0n) is 9.70. The molecular formula is C13H15FO3. The molecule has 0 saturated heterocycles. The van der Waals surface area contributed by atoms with Crippen LogP contribution in [0.1, 0.15) is 41.6 Å². The van der Waals surface area contributed by atoms with E-state index in [1.54, 1.807) is 13.0 Å². The number of Topliss-reactive ketones (excluding diaryl/α,β-unsaturated/α-hetero) is 1.